The summed E-state index contributed by atoms with van der Waals surface area (Å²) in [5.41, 5.74) is 2.52. The predicted octanol–water partition coefficient (Wildman–Crippen LogP) is 4.01. The molecule has 112 valence electrons. The van der Waals surface area contributed by atoms with Crippen LogP contribution in [0.4, 0.5) is 0 Å². The second kappa shape index (κ2) is 5.80. The molecule has 0 spiro atoms. The molecule has 4 heteroatoms. The molecule has 1 aliphatic carbocycles. The molecule has 0 bridgehead atoms. The number of aryl methyl sites for hydroxylation is 2. The lowest BCUT2D eigenvalue weighted by Crippen LogP contribution is -2.29. The molecule has 2 rings (SSSR count). The fourth-order valence-corrected chi connectivity index (χ4v) is 6.07. The summed E-state index contributed by atoms with van der Waals surface area (Å²) in [5, 5.41) is 0.709. The van der Waals surface area contributed by atoms with Gasteiger partial charge in [-0.25, -0.2) is 8.42 Å². The van der Waals surface area contributed by atoms with Gasteiger partial charge in [0.1, 0.15) is 0 Å². The van der Waals surface area contributed by atoms with E-state index in [-0.39, 0.29) is 17.1 Å². The van der Waals surface area contributed by atoms with Crippen LogP contribution < -0.4 is 0 Å². The normalized spacial score (nSPS) is 17.0. The van der Waals surface area contributed by atoms with E-state index in [1.54, 1.807) is 6.07 Å². The molecule has 0 N–H and O–H groups in total. The smallest absolute Gasteiger partial charge is 0.178 e. The molecule has 0 aromatic heterocycles. The highest BCUT2D eigenvalue weighted by Gasteiger charge is 2.30. The van der Waals surface area contributed by atoms with Gasteiger partial charge in [0.15, 0.2) is 9.84 Å². The Morgan fingerprint density at radius 2 is 1.85 bits per heavy atom. The highest BCUT2D eigenvalue weighted by molar-refractivity contribution is 9.09. The third kappa shape index (κ3) is 3.45. The molecule has 1 atom stereocenters. The summed E-state index contributed by atoms with van der Waals surface area (Å²) < 4.78 is 25.3. The van der Waals surface area contributed by atoms with E-state index < -0.39 is 9.84 Å². The Hall–Kier alpha value is -0.350. The standard InChI is InChI=1S/C16H23BrO2S/c1-16(2,3)14(10-17)11-20(18,19)15-8-7-12-5-4-6-13(12)9-15/h7-9,14H,4-6,10-11H2,1-3H3. The number of alkyl halides is 1. The maximum Gasteiger partial charge on any atom is 0.178 e. The van der Waals surface area contributed by atoms with Crippen LogP contribution in [-0.2, 0) is 22.7 Å². The van der Waals surface area contributed by atoms with Crippen LogP contribution in [0.3, 0.4) is 0 Å². The predicted molar refractivity (Wildman–Crippen MR) is 87.3 cm³/mol. The molecule has 0 saturated heterocycles. The Balaban J connectivity index is 2.26. The van der Waals surface area contributed by atoms with Gasteiger partial charge in [0.25, 0.3) is 0 Å². The van der Waals surface area contributed by atoms with Gasteiger partial charge in [-0.2, -0.15) is 0 Å². The Morgan fingerprint density at radius 1 is 1.20 bits per heavy atom. The Kier molecular flexibility index (Phi) is 4.65. The van der Waals surface area contributed by atoms with Gasteiger partial charge >= 0.3 is 0 Å². The van der Waals surface area contributed by atoms with E-state index in [1.807, 2.05) is 12.1 Å². The summed E-state index contributed by atoms with van der Waals surface area (Å²) in [6, 6.07) is 5.68. The van der Waals surface area contributed by atoms with Crippen molar-refractivity contribution in [2.75, 3.05) is 11.1 Å². The second-order valence-electron chi connectivity index (χ2n) is 6.78. The minimum absolute atomic E-state index is 0.0205. The van der Waals surface area contributed by atoms with Gasteiger partial charge < -0.3 is 0 Å². The summed E-state index contributed by atoms with van der Waals surface area (Å²) in [6.07, 6.45) is 3.24. The van der Waals surface area contributed by atoms with Gasteiger partial charge in [-0.05, 0) is 53.9 Å². The van der Waals surface area contributed by atoms with Gasteiger partial charge in [-0.15, -0.1) is 0 Å². The molecule has 0 heterocycles. The molecule has 1 aromatic carbocycles. The SMILES string of the molecule is CC(C)(C)C(CBr)CS(=O)(=O)c1ccc2c(c1)CCC2. The largest absolute Gasteiger partial charge is 0.224 e. The van der Waals surface area contributed by atoms with Crippen molar-refractivity contribution in [2.24, 2.45) is 11.3 Å². The van der Waals surface area contributed by atoms with E-state index >= 15 is 0 Å². The molecule has 0 amide bonds. The zero-order valence-electron chi connectivity index (χ0n) is 12.4. The molecule has 0 fully saturated rings. The van der Waals surface area contributed by atoms with Crippen molar-refractivity contribution in [3.8, 4) is 0 Å². The van der Waals surface area contributed by atoms with E-state index in [0.717, 1.165) is 19.3 Å². The number of benzene rings is 1. The first-order valence-electron chi connectivity index (χ1n) is 7.14. The van der Waals surface area contributed by atoms with Gasteiger partial charge in [-0.1, -0.05) is 42.8 Å². The number of fused-ring (bicyclic) bond motifs is 1. The third-order valence-corrected chi connectivity index (χ3v) is 6.86. The molecule has 20 heavy (non-hydrogen) atoms. The minimum Gasteiger partial charge on any atom is -0.224 e. The van der Waals surface area contributed by atoms with Gasteiger partial charge in [-0.3, -0.25) is 0 Å². The zero-order chi connectivity index (χ0) is 15.0. The van der Waals surface area contributed by atoms with E-state index in [0.29, 0.717) is 10.2 Å². The number of hydrogen-bond acceptors (Lipinski definition) is 2. The lowest BCUT2D eigenvalue weighted by atomic mass is 9.83. The lowest BCUT2D eigenvalue weighted by molar-refractivity contribution is 0.291. The average Bonchev–Trinajstić information content (AvgIpc) is 2.81. The van der Waals surface area contributed by atoms with Crippen LogP contribution in [0.15, 0.2) is 23.1 Å². The molecule has 2 nitrogen and oxygen atoms in total. The van der Waals surface area contributed by atoms with Crippen LogP contribution in [0.1, 0.15) is 38.3 Å². The van der Waals surface area contributed by atoms with Crippen molar-refractivity contribution >= 4 is 25.8 Å². The van der Waals surface area contributed by atoms with Crippen molar-refractivity contribution in [1.82, 2.24) is 0 Å². The molecule has 0 saturated carbocycles. The number of rotatable bonds is 4. The Bertz CT molecular complexity index is 585. The van der Waals surface area contributed by atoms with Crippen LogP contribution in [-0.4, -0.2) is 19.5 Å². The maximum atomic E-state index is 12.6. The number of sulfone groups is 1. The molecule has 1 aromatic rings. The number of halogens is 1. The van der Waals surface area contributed by atoms with E-state index in [2.05, 4.69) is 36.7 Å². The topological polar surface area (TPSA) is 34.1 Å². The van der Waals surface area contributed by atoms with Crippen molar-refractivity contribution in [3.63, 3.8) is 0 Å². The molecule has 0 aliphatic heterocycles. The minimum atomic E-state index is -3.21. The van der Waals surface area contributed by atoms with Gasteiger partial charge in [0, 0.05) is 5.33 Å². The van der Waals surface area contributed by atoms with Crippen LogP contribution in [0.2, 0.25) is 0 Å². The fraction of sp³-hybridized carbons (Fsp3) is 0.625. The molecular formula is C16H23BrO2S. The monoisotopic (exact) mass is 358 g/mol. The van der Waals surface area contributed by atoms with Crippen molar-refractivity contribution in [2.45, 2.75) is 44.9 Å². The van der Waals surface area contributed by atoms with E-state index in [9.17, 15) is 8.42 Å². The van der Waals surface area contributed by atoms with Crippen LogP contribution in [0.25, 0.3) is 0 Å². The maximum absolute atomic E-state index is 12.6. The summed E-state index contributed by atoms with van der Waals surface area (Å²) in [4.78, 5) is 0.494. The third-order valence-electron chi connectivity index (χ3n) is 4.26. The summed E-state index contributed by atoms with van der Waals surface area (Å²) in [7, 11) is -3.21. The van der Waals surface area contributed by atoms with Crippen LogP contribution in [0, 0.1) is 11.3 Å². The van der Waals surface area contributed by atoms with Gasteiger partial charge in [0.2, 0.25) is 0 Å². The fourth-order valence-electron chi connectivity index (χ4n) is 2.63. The highest BCUT2D eigenvalue weighted by Crippen LogP contribution is 2.31. The lowest BCUT2D eigenvalue weighted by Gasteiger charge is -2.28. The quantitative estimate of drug-likeness (QED) is 0.762. The van der Waals surface area contributed by atoms with Crippen molar-refractivity contribution in [1.29, 1.82) is 0 Å². The Labute approximate surface area is 131 Å². The first-order chi connectivity index (χ1) is 9.24. The summed E-state index contributed by atoms with van der Waals surface area (Å²) in [6.45, 7) is 6.28. The van der Waals surface area contributed by atoms with Crippen LogP contribution >= 0.6 is 15.9 Å². The average molecular weight is 359 g/mol. The second-order valence-corrected chi connectivity index (χ2v) is 9.46. The molecular weight excluding hydrogens is 336 g/mol. The Morgan fingerprint density at radius 3 is 2.45 bits per heavy atom. The van der Waals surface area contributed by atoms with E-state index in [4.69, 9.17) is 0 Å². The molecule has 1 unspecified atom stereocenters. The van der Waals surface area contributed by atoms with E-state index in [1.165, 1.54) is 11.1 Å². The summed E-state index contributed by atoms with van der Waals surface area (Å²) in [5.74, 6) is 0.321. The molecule has 0 radical (unpaired) electrons. The van der Waals surface area contributed by atoms with Crippen molar-refractivity contribution < 1.29 is 8.42 Å². The van der Waals surface area contributed by atoms with Crippen LogP contribution in [0.5, 0.6) is 0 Å². The summed E-state index contributed by atoms with van der Waals surface area (Å²) >= 11 is 3.46. The zero-order valence-corrected chi connectivity index (χ0v) is 14.9. The molecule has 1 aliphatic rings. The van der Waals surface area contributed by atoms with Crippen molar-refractivity contribution in [3.05, 3.63) is 29.3 Å². The first kappa shape index (κ1) is 16.0. The highest BCUT2D eigenvalue weighted by atomic mass is 79.9. The number of hydrogen-bond donors (Lipinski definition) is 0. The van der Waals surface area contributed by atoms with Gasteiger partial charge in [0.05, 0.1) is 10.6 Å². The first-order valence-corrected chi connectivity index (χ1v) is 9.92.